The lowest BCUT2D eigenvalue weighted by Gasteiger charge is -2.28. The second-order valence-electron chi connectivity index (χ2n) is 20.1. The minimum Gasteiger partial charge on any atom is -0.444 e. The van der Waals surface area contributed by atoms with Crippen molar-refractivity contribution in [1.82, 2.24) is 49.3 Å². The van der Waals surface area contributed by atoms with E-state index in [0.29, 0.717) is 42.5 Å². The maximum Gasteiger partial charge on any atom is 0.410 e. The summed E-state index contributed by atoms with van der Waals surface area (Å²) in [5.41, 5.74) is 5.33. The molecule has 16 heteroatoms. The molecule has 2 aliphatic heterocycles. The molecule has 0 bridgehead atoms. The van der Waals surface area contributed by atoms with Gasteiger partial charge in [-0.05, 0) is 88.0 Å². The molecule has 1 amide bonds. The van der Waals surface area contributed by atoms with Gasteiger partial charge in [0.05, 0.1) is 35.9 Å². The Labute approximate surface area is 360 Å². The minimum atomic E-state index is -1.29. The number of nitrogens with zero attached hydrogens (tertiary/aromatic N) is 9. The number of likely N-dealkylation sites (tertiary alicyclic amines) is 1. The van der Waals surface area contributed by atoms with E-state index in [-0.39, 0.29) is 24.9 Å². The largest absolute Gasteiger partial charge is 0.444 e. The Morgan fingerprint density at radius 3 is 1.79 bits per heavy atom. The fourth-order valence-electron chi connectivity index (χ4n) is 8.00. The van der Waals surface area contributed by atoms with Crippen LogP contribution in [0.4, 0.5) is 4.79 Å². The number of hydrogen-bond acceptors (Lipinski definition) is 11. The fourth-order valence-corrected chi connectivity index (χ4v) is 9.51. The third-order valence-electron chi connectivity index (χ3n) is 11.4. The van der Waals surface area contributed by atoms with E-state index in [1.165, 1.54) is 0 Å². The lowest BCUT2D eigenvalue weighted by Crippen LogP contribution is -2.37. The van der Waals surface area contributed by atoms with Gasteiger partial charge in [0.25, 0.3) is 0 Å². The second-order valence-corrected chi connectivity index (χ2v) is 31.3. The van der Waals surface area contributed by atoms with Gasteiger partial charge >= 0.3 is 6.09 Å². The molecule has 14 nitrogen and oxygen atoms in total. The first-order valence-corrected chi connectivity index (χ1v) is 29.3. The smallest absolute Gasteiger partial charge is 0.410 e. The van der Waals surface area contributed by atoms with E-state index in [0.717, 1.165) is 95.8 Å². The van der Waals surface area contributed by atoms with Gasteiger partial charge < -0.3 is 19.5 Å². The predicted molar refractivity (Wildman–Crippen MR) is 246 cm³/mol. The van der Waals surface area contributed by atoms with Gasteiger partial charge in [0.15, 0.2) is 22.6 Å². The zero-order valence-electron chi connectivity index (χ0n) is 37.4. The van der Waals surface area contributed by atoms with Gasteiger partial charge in [-0.2, -0.15) is 0 Å². The van der Waals surface area contributed by atoms with Gasteiger partial charge in [0, 0.05) is 47.0 Å². The molecule has 2 saturated heterocycles. The number of nitrogens with one attached hydrogen (secondary N) is 1. The summed E-state index contributed by atoms with van der Waals surface area (Å²) in [5.74, 6) is 1.67. The monoisotopic (exact) mass is 862 g/mol. The number of benzene rings is 2. The van der Waals surface area contributed by atoms with E-state index in [4.69, 9.17) is 44.1 Å². The first kappa shape index (κ1) is 43.0. The third kappa shape index (κ3) is 10.0. The normalized spacial score (nSPS) is 17.7. The summed E-state index contributed by atoms with van der Waals surface area (Å²) in [5, 5.41) is 5.73. The SMILES string of the molecule is CC(C)(C)OC(=O)N1CCC[C@H]1c1nc2nc(-c3ccc4cc(-c5cnc6c(n5)nc([C@@H]5CCCN5)n6COCC[Si](C)(C)C)ccc4c3)cnc2n1COCC[Si](C)(C)C. The first-order valence-electron chi connectivity index (χ1n) is 21.9. The summed E-state index contributed by atoms with van der Waals surface area (Å²) in [6, 6.07) is 14.7. The Hall–Kier alpha value is -4.62. The van der Waals surface area contributed by atoms with Gasteiger partial charge in [0.1, 0.15) is 30.7 Å². The predicted octanol–water partition coefficient (Wildman–Crippen LogP) is 9.57. The number of carbonyl (C=O) groups excluding carboxylic acids is 1. The van der Waals surface area contributed by atoms with Crippen molar-refractivity contribution in [1.29, 1.82) is 0 Å². The molecule has 0 unspecified atom stereocenters. The molecule has 1 N–H and O–H groups in total. The molecular weight excluding hydrogens is 801 g/mol. The molecule has 8 rings (SSSR count). The minimum absolute atomic E-state index is 0.165. The number of fused-ring (bicyclic) bond motifs is 3. The van der Waals surface area contributed by atoms with Gasteiger partial charge in [-0.25, -0.2) is 34.7 Å². The summed E-state index contributed by atoms with van der Waals surface area (Å²) in [4.78, 5) is 45.2. The van der Waals surface area contributed by atoms with Gasteiger partial charge in [-0.3, -0.25) is 14.0 Å². The molecule has 6 heterocycles. The molecule has 2 aliphatic rings. The van der Waals surface area contributed by atoms with E-state index < -0.39 is 21.7 Å². The quantitative estimate of drug-likeness (QED) is 0.0825. The molecule has 2 fully saturated rings. The Balaban J connectivity index is 1.06. The van der Waals surface area contributed by atoms with E-state index in [1.54, 1.807) is 11.1 Å². The van der Waals surface area contributed by atoms with Crippen molar-refractivity contribution in [3.05, 3.63) is 60.4 Å². The lowest BCUT2D eigenvalue weighted by atomic mass is 10.0. The Bertz CT molecular complexity index is 2530. The molecular formula is C45H62N10O4Si2. The van der Waals surface area contributed by atoms with Crippen molar-refractivity contribution < 1.29 is 19.0 Å². The van der Waals surface area contributed by atoms with Crippen LogP contribution >= 0.6 is 0 Å². The van der Waals surface area contributed by atoms with Crippen molar-refractivity contribution >= 4 is 55.6 Å². The highest BCUT2D eigenvalue weighted by atomic mass is 28.3. The van der Waals surface area contributed by atoms with Gasteiger partial charge in [-0.15, -0.1) is 0 Å². The third-order valence-corrected chi connectivity index (χ3v) is 14.8. The van der Waals surface area contributed by atoms with E-state index in [1.807, 2.05) is 31.5 Å². The standard InChI is InChI=1S/C45H62N10O4Si2/c1-45(2,3)59-44(56)53-19-11-13-37(53)41-52-39-43(55(41)29-58-21-23-61(7,8)9)48-27-36(50-39)33-17-15-30-24-32(16-14-31(30)25-33)35-26-47-42-38(49-35)51-40(34-12-10-18-46-34)54(42)28-57-20-22-60(4,5)6/h14-17,24-27,34,37,46H,10-13,18-23,28-29H2,1-9H3/t34-,37-/m0/s1. The first-order chi connectivity index (χ1) is 29.0. The molecule has 0 saturated carbocycles. The van der Waals surface area contributed by atoms with Crippen LogP contribution in [0, 0.1) is 0 Å². The lowest BCUT2D eigenvalue weighted by molar-refractivity contribution is 0.0205. The van der Waals surface area contributed by atoms with E-state index in [2.05, 4.69) is 85.6 Å². The van der Waals surface area contributed by atoms with Crippen molar-refractivity contribution in [3.63, 3.8) is 0 Å². The molecule has 61 heavy (non-hydrogen) atoms. The highest BCUT2D eigenvalue weighted by Gasteiger charge is 2.37. The number of ether oxygens (including phenoxy) is 3. The summed E-state index contributed by atoms with van der Waals surface area (Å²) >= 11 is 0. The van der Waals surface area contributed by atoms with Crippen LogP contribution in [0.15, 0.2) is 48.8 Å². The highest BCUT2D eigenvalue weighted by Crippen LogP contribution is 2.35. The maximum absolute atomic E-state index is 13.4. The molecule has 324 valence electrons. The molecule has 6 aromatic rings. The zero-order valence-corrected chi connectivity index (χ0v) is 39.4. The molecule has 0 spiro atoms. The Kier molecular flexibility index (Phi) is 12.2. The molecule has 4 aromatic heterocycles. The Morgan fingerprint density at radius 1 is 0.738 bits per heavy atom. The average molecular weight is 863 g/mol. The van der Waals surface area contributed by atoms with Crippen LogP contribution in [0.25, 0.3) is 55.9 Å². The summed E-state index contributed by atoms with van der Waals surface area (Å²) in [7, 11) is -2.50. The second kappa shape index (κ2) is 17.3. The van der Waals surface area contributed by atoms with Crippen molar-refractivity contribution in [2.75, 3.05) is 26.3 Å². The average Bonchev–Trinajstić information content (AvgIpc) is 4.02. The number of amides is 1. The van der Waals surface area contributed by atoms with E-state index >= 15 is 0 Å². The van der Waals surface area contributed by atoms with Crippen LogP contribution in [0.1, 0.15) is 70.2 Å². The highest BCUT2D eigenvalue weighted by molar-refractivity contribution is 6.76. The Morgan fingerprint density at radius 2 is 1.28 bits per heavy atom. The zero-order chi connectivity index (χ0) is 43.1. The molecule has 0 aliphatic carbocycles. The van der Waals surface area contributed by atoms with Crippen LogP contribution in [0.5, 0.6) is 0 Å². The summed E-state index contributed by atoms with van der Waals surface area (Å²) in [6.07, 6.45) is 7.09. The number of aromatic nitrogens is 8. The summed E-state index contributed by atoms with van der Waals surface area (Å²) in [6.45, 7) is 23.5. The van der Waals surface area contributed by atoms with Gasteiger partial charge in [-0.1, -0.05) is 63.5 Å². The van der Waals surface area contributed by atoms with Crippen LogP contribution in [-0.4, -0.2) is 98.1 Å². The van der Waals surface area contributed by atoms with Crippen molar-refractivity contribution in [3.8, 4) is 22.5 Å². The van der Waals surface area contributed by atoms with Crippen LogP contribution in [-0.2, 0) is 27.7 Å². The van der Waals surface area contributed by atoms with Crippen LogP contribution < -0.4 is 5.32 Å². The maximum atomic E-state index is 13.4. The van der Waals surface area contributed by atoms with Crippen LogP contribution in [0.2, 0.25) is 51.4 Å². The van der Waals surface area contributed by atoms with E-state index in [9.17, 15) is 4.79 Å². The van der Waals surface area contributed by atoms with Gasteiger partial charge in [0.2, 0.25) is 0 Å². The van der Waals surface area contributed by atoms with Crippen molar-refractivity contribution in [2.45, 2.75) is 129 Å². The fraction of sp³-hybridized carbons (Fsp3) is 0.533. The number of imidazole rings is 2. The molecule has 2 aromatic carbocycles. The van der Waals surface area contributed by atoms with Crippen molar-refractivity contribution in [2.24, 2.45) is 0 Å². The number of carbonyl (C=O) groups is 1. The topological polar surface area (TPSA) is 147 Å². The van der Waals surface area contributed by atoms with Crippen LogP contribution in [0.3, 0.4) is 0 Å². The number of rotatable bonds is 14. The molecule has 2 atom stereocenters. The summed E-state index contributed by atoms with van der Waals surface area (Å²) < 4.78 is 22.3. The number of hydrogen-bond donors (Lipinski definition) is 1. The molecule has 0 radical (unpaired) electrons.